The minimum atomic E-state index is 0.918. The lowest BCUT2D eigenvalue weighted by atomic mass is 10.1. The molecule has 0 aromatic carbocycles. The molecule has 2 nitrogen and oxygen atoms in total. The summed E-state index contributed by atoms with van der Waals surface area (Å²) in [6.07, 6.45) is 4.57. The van der Waals surface area contributed by atoms with E-state index in [-0.39, 0.29) is 0 Å². The maximum absolute atomic E-state index is 4.33. The zero-order valence-electron chi connectivity index (χ0n) is 9.74. The van der Waals surface area contributed by atoms with E-state index in [2.05, 4.69) is 29.8 Å². The Morgan fingerprint density at radius 3 is 3.07 bits per heavy atom. The lowest BCUT2D eigenvalue weighted by Crippen LogP contribution is -2.20. The Morgan fingerprint density at radius 1 is 1.53 bits per heavy atom. The van der Waals surface area contributed by atoms with E-state index < -0.39 is 0 Å². The van der Waals surface area contributed by atoms with Gasteiger partial charge in [0.15, 0.2) is 0 Å². The third-order valence-electron chi connectivity index (χ3n) is 3.46. The van der Waals surface area contributed by atoms with Gasteiger partial charge in [0, 0.05) is 25.0 Å². The van der Waals surface area contributed by atoms with E-state index in [1.54, 1.807) is 0 Å². The van der Waals surface area contributed by atoms with Crippen LogP contribution in [0.3, 0.4) is 0 Å². The van der Waals surface area contributed by atoms with E-state index in [1.807, 2.05) is 12.3 Å². The highest BCUT2D eigenvalue weighted by molar-refractivity contribution is 5.18. The van der Waals surface area contributed by atoms with Crippen LogP contribution in [0.25, 0.3) is 0 Å². The molecular formula is C13H20N2. The smallest absolute Gasteiger partial charge is 0.0417 e. The highest BCUT2D eigenvalue weighted by Crippen LogP contribution is 2.21. The van der Waals surface area contributed by atoms with Crippen molar-refractivity contribution in [1.82, 2.24) is 9.88 Å². The first-order valence-electron chi connectivity index (χ1n) is 5.92. The Balaban J connectivity index is 1.96. The van der Waals surface area contributed by atoms with Gasteiger partial charge in [0.25, 0.3) is 0 Å². The molecule has 1 unspecified atom stereocenters. The molecule has 1 fully saturated rings. The number of hydrogen-bond donors (Lipinski definition) is 0. The number of rotatable bonds is 3. The molecule has 0 amide bonds. The molecule has 0 saturated carbocycles. The zero-order chi connectivity index (χ0) is 10.7. The maximum Gasteiger partial charge on any atom is 0.0417 e. The van der Waals surface area contributed by atoms with Crippen molar-refractivity contribution in [1.29, 1.82) is 0 Å². The molecule has 1 saturated heterocycles. The van der Waals surface area contributed by atoms with Crippen LogP contribution in [0.15, 0.2) is 18.3 Å². The van der Waals surface area contributed by atoms with Crippen LogP contribution in [0.4, 0.5) is 0 Å². The lowest BCUT2D eigenvalue weighted by Gasteiger charge is -2.16. The van der Waals surface area contributed by atoms with E-state index in [0.717, 1.165) is 12.5 Å². The molecule has 1 aromatic heterocycles. The second kappa shape index (κ2) is 4.75. The first kappa shape index (κ1) is 10.6. The third-order valence-corrected chi connectivity index (χ3v) is 3.46. The molecule has 0 radical (unpaired) electrons. The van der Waals surface area contributed by atoms with Crippen molar-refractivity contribution < 1.29 is 0 Å². The molecule has 0 bridgehead atoms. The Kier molecular flexibility index (Phi) is 3.37. The van der Waals surface area contributed by atoms with Crippen molar-refractivity contribution in [3.63, 3.8) is 0 Å². The van der Waals surface area contributed by atoms with E-state index in [1.165, 1.54) is 37.2 Å². The summed E-state index contributed by atoms with van der Waals surface area (Å²) in [5.41, 5.74) is 2.56. The normalized spacial score (nSPS) is 22.1. The Labute approximate surface area is 92.3 Å². The fraction of sp³-hybridized carbons (Fsp3) is 0.615. The van der Waals surface area contributed by atoms with Gasteiger partial charge in [-0.05, 0) is 37.4 Å². The minimum absolute atomic E-state index is 0.918. The van der Waals surface area contributed by atoms with Crippen LogP contribution in [0, 0.1) is 12.8 Å². The lowest BCUT2D eigenvalue weighted by molar-refractivity contribution is 0.314. The number of aryl methyl sites for hydroxylation is 1. The fourth-order valence-electron chi connectivity index (χ4n) is 2.32. The van der Waals surface area contributed by atoms with E-state index >= 15 is 0 Å². The van der Waals surface area contributed by atoms with Crippen molar-refractivity contribution in [2.24, 2.45) is 5.92 Å². The molecule has 1 aromatic rings. The largest absolute Gasteiger partial charge is 0.299 e. The van der Waals surface area contributed by atoms with E-state index in [9.17, 15) is 0 Å². The molecule has 2 rings (SSSR count). The zero-order valence-corrected chi connectivity index (χ0v) is 9.74. The standard InChI is InChI=1S/C13H20N2/c1-3-12-6-8-15(9-12)10-13-5-4-7-14-11(13)2/h4-5,7,12H,3,6,8-10H2,1-2H3. The maximum atomic E-state index is 4.33. The van der Waals surface area contributed by atoms with Crippen molar-refractivity contribution >= 4 is 0 Å². The van der Waals surface area contributed by atoms with Gasteiger partial charge in [-0.3, -0.25) is 9.88 Å². The van der Waals surface area contributed by atoms with Gasteiger partial charge in [-0.25, -0.2) is 0 Å². The molecular weight excluding hydrogens is 184 g/mol. The van der Waals surface area contributed by atoms with Gasteiger partial charge in [0.1, 0.15) is 0 Å². The highest BCUT2D eigenvalue weighted by Gasteiger charge is 2.20. The summed E-state index contributed by atoms with van der Waals surface area (Å²) >= 11 is 0. The van der Waals surface area contributed by atoms with Gasteiger partial charge in [-0.15, -0.1) is 0 Å². The molecule has 1 aliphatic heterocycles. The monoisotopic (exact) mass is 204 g/mol. The SMILES string of the molecule is CCC1CCN(Cc2cccnc2C)C1. The van der Waals surface area contributed by atoms with Crippen LogP contribution in [-0.4, -0.2) is 23.0 Å². The van der Waals surface area contributed by atoms with Crippen LogP contribution < -0.4 is 0 Å². The minimum Gasteiger partial charge on any atom is -0.299 e. The predicted octanol–water partition coefficient (Wildman–Crippen LogP) is 2.62. The van der Waals surface area contributed by atoms with Crippen LogP contribution in [0.2, 0.25) is 0 Å². The average Bonchev–Trinajstić information content (AvgIpc) is 2.69. The summed E-state index contributed by atoms with van der Waals surface area (Å²) in [7, 11) is 0. The summed E-state index contributed by atoms with van der Waals surface area (Å²) < 4.78 is 0. The molecule has 2 heteroatoms. The predicted molar refractivity (Wildman–Crippen MR) is 62.6 cm³/mol. The van der Waals surface area contributed by atoms with Gasteiger partial charge in [0.2, 0.25) is 0 Å². The topological polar surface area (TPSA) is 16.1 Å². The summed E-state index contributed by atoms with van der Waals surface area (Å²) in [5, 5.41) is 0. The molecule has 0 spiro atoms. The summed E-state index contributed by atoms with van der Waals surface area (Å²) in [6.45, 7) is 8.00. The number of aromatic nitrogens is 1. The summed E-state index contributed by atoms with van der Waals surface area (Å²) in [6, 6.07) is 4.23. The van der Waals surface area contributed by atoms with Crippen molar-refractivity contribution in [2.45, 2.75) is 33.2 Å². The number of nitrogens with zero attached hydrogens (tertiary/aromatic N) is 2. The average molecular weight is 204 g/mol. The second-order valence-corrected chi connectivity index (χ2v) is 4.55. The highest BCUT2D eigenvalue weighted by atomic mass is 15.1. The van der Waals surface area contributed by atoms with Crippen LogP contribution in [0.1, 0.15) is 31.0 Å². The first-order valence-corrected chi connectivity index (χ1v) is 5.92. The quantitative estimate of drug-likeness (QED) is 0.752. The molecule has 1 atom stereocenters. The fourth-order valence-corrected chi connectivity index (χ4v) is 2.32. The molecule has 82 valence electrons. The third kappa shape index (κ3) is 2.57. The van der Waals surface area contributed by atoms with Crippen molar-refractivity contribution in [3.8, 4) is 0 Å². The Bertz CT molecular complexity index is 322. The van der Waals surface area contributed by atoms with Crippen molar-refractivity contribution in [3.05, 3.63) is 29.6 Å². The van der Waals surface area contributed by atoms with Crippen LogP contribution in [0.5, 0.6) is 0 Å². The van der Waals surface area contributed by atoms with Crippen molar-refractivity contribution in [2.75, 3.05) is 13.1 Å². The Hall–Kier alpha value is -0.890. The molecule has 0 N–H and O–H groups in total. The molecule has 1 aliphatic rings. The number of likely N-dealkylation sites (tertiary alicyclic amines) is 1. The van der Waals surface area contributed by atoms with E-state index in [4.69, 9.17) is 0 Å². The number of hydrogen-bond acceptors (Lipinski definition) is 2. The molecule has 2 heterocycles. The summed E-state index contributed by atoms with van der Waals surface area (Å²) in [5.74, 6) is 0.918. The van der Waals surface area contributed by atoms with Gasteiger partial charge in [0.05, 0.1) is 0 Å². The van der Waals surface area contributed by atoms with Gasteiger partial charge < -0.3 is 0 Å². The van der Waals surface area contributed by atoms with Gasteiger partial charge in [-0.1, -0.05) is 19.4 Å². The van der Waals surface area contributed by atoms with Gasteiger partial charge in [-0.2, -0.15) is 0 Å². The van der Waals surface area contributed by atoms with Crippen LogP contribution >= 0.6 is 0 Å². The second-order valence-electron chi connectivity index (χ2n) is 4.55. The number of pyridine rings is 1. The Morgan fingerprint density at radius 2 is 2.40 bits per heavy atom. The molecule has 0 aliphatic carbocycles. The van der Waals surface area contributed by atoms with Gasteiger partial charge >= 0.3 is 0 Å². The van der Waals surface area contributed by atoms with Crippen LogP contribution in [-0.2, 0) is 6.54 Å². The summed E-state index contributed by atoms with van der Waals surface area (Å²) in [4.78, 5) is 6.89. The van der Waals surface area contributed by atoms with E-state index in [0.29, 0.717) is 0 Å². The first-order chi connectivity index (χ1) is 7.29. The molecule has 15 heavy (non-hydrogen) atoms.